The molecule has 32 heavy (non-hydrogen) atoms. The zero-order valence-corrected chi connectivity index (χ0v) is 20.3. The number of ketones is 1. The molecular formula is C24H28ClNO5S. The molecule has 0 bridgehead atoms. The van der Waals surface area contributed by atoms with Gasteiger partial charge in [-0.3, -0.25) is 4.79 Å². The predicted molar refractivity (Wildman–Crippen MR) is 124 cm³/mol. The minimum atomic E-state index is -3.80. The largest absolute Gasteiger partial charge is 0.451 e. The average Bonchev–Trinajstić information content (AvgIpc) is 3.28. The molecule has 172 valence electrons. The van der Waals surface area contributed by atoms with E-state index in [9.17, 15) is 18.0 Å². The van der Waals surface area contributed by atoms with Crippen molar-refractivity contribution < 1.29 is 22.7 Å². The normalized spacial score (nSPS) is 16.0. The van der Waals surface area contributed by atoms with Crippen LogP contribution in [0.2, 0.25) is 5.02 Å². The van der Waals surface area contributed by atoms with Crippen molar-refractivity contribution in [2.75, 3.05) is 13.1 Å². The Kier molecular flexibility index (Phi) is 7.12. The highest BCUT2D eigenvalue weighted by Crippen LogP contribution is 2.28. The molecule has 0 aliphatic carbocycles. The van der Waals surface area contributed by atoms with Crippen molar-refractivity contribution in [1.82, 2.24) is 4.31 Å². The summed E-state index contributed by atoms with van der Waals surface area (Å²) in [5.41, 5.74) is 1.51. The van der Waals surface area contributed by atoms with Gasteiger partial charge in [0.05, 0.1) is 10.6 Å². The fourth-order valence-electron chi connectivity index (χ4n) is 3.55. The maximum absolute atomic E-state index is 12.9. The number of carbonyl (C=O) groups excluding carboxylic acids is 2. The number of Topliss-reactive ketones (excluding diaryl/α,β-unsaturated/α-hetero) is 1. The highest BCUT2D eigenvalue weighted by molar-refractivity contribution is 7.89. The topological polar surface area (TPSA) is 80.8 Å². The van der Waals surface area contributed by atoms with Crippen LogP contribution in [-0.2, 0) is 20.2 Å². The summed E-state index contributed by atoms with van der Waals surface area (Å²) >= 11 is 6.13. The number of halogens is 1. The smallest absolute Gasteiger partial charge is 0.338 e. The van der Waals surface area contributed by atoms with E-state index in [4.69, 9.17) is 16.3 Å². The van der Waals surface area contributed by atoms with Crippen LogP contribution in [0, 0.1) is 0 Å². The first-order valence-corrected chi connectivity index (χ1v) is 12.4. The Morgan fingerprint density at radius 1 is 1.00 bits per heavy atom. The molecule has 0 saturated carbocycles. The van der Waals surface area contributed by atoms with Gasteiger partial charge in [0.1, 0.15) is 4.90 Å². The van der Waals surface area contributed by atoms with E-state index in [1.807, 2.05) is 12.1 Å². The van der Waals surface area contributed by atoms with Crippen molar-refractivity contribution in [1.29, 1.82) is 0 Å². The van der Waals surface area contributed by atoms with Gasteiger partial charge in [0.2, 0.25) is 15.8 Å². The molecule has 0 radical (unpaired) electrons. The Bertz CT molecular complexity index is 1110. The first-order valence-electron chi connectivity index (χ1n) is 10.6. The minimum Gasteiger partial charge on any atom is -0.451 e. The van der Waals surface area contributed by atoms with E-state index in [1.54, 1.807) is 12.1 Å². The second kappa shape index (κ2) is 9.33. The number of ether oxygens (including phenoxy) is 1. The van der Waals surface area contributed by atoms with Gasteiger partial charge in [0.15, 0.2) is 6.10 Å². The van der Waals surface area contributed by atoms with E-state index in [0.717, 1.165) is 18.4 Å². The monoisotopic (exact) mass is 477 g/mol. The number of rotatable bonds is 6. The lowest BCUT2D eigenvalue weighted by Crippen LogP contribution is -2.28. The van der Waals surface area contributed by atoms with E-state index in [2.05, 4.69) is 20.8 Å². The van der Waals surface area contributed by atoms with Crippen molar-refractivity contribution in [2.24, 2.45) is 0 Å². The third kappa shape index (κ3) is 5.22. The fourth-order valence-corrected chi connectivity index (χ4v) is 5.56. The lowest BCUT2D eigenvalue weighted by molar-refractivity contribution is 0.0318. The molecule has 0 aromatic heterocycles. The van der Waals surface area contributed by atoms with Crippen LogP contribution < -0.4 is 0 Å². The van der Waals surface area contributed by atoms with Crippen LogP contribution in [0.5, 0.6) is 0 Å². The molecular weight excluding hydrogens is 450 g/mol. The molecule has 1 aliphatic rings. The van der Waals surface area contributed by atoms with Crippen molar-refractivity contribution in [3.8, 4) is 0 Å². The molecule has 0 N–H and O–H groups in total. The quantitative estimate of drug-likeness (QED) is 0.438. The second-order valence-electron chi connectivity index (χ2n) is 9.00. The molecule has 1 heterocycles. The van der Waals surface area contributed by atoms with Crippen LogP contribution in [0.25, 0.3) is 0 Å². The number of hydrogen-bond acceptors (Lipinski definition) is 5. The third-order valence-corrected chi connectivity index (χ3v) is 7.92. The van der Waals surface area contributed by atoms with Crippen molar-refractivity contribution in [2.45, 2.75) is 57.0 Å². The van der Waals surface area contributed by atoms with Crippen LogP contribution in [-0.4, -0.2) is 43.7 Å². The summed E-state index contributed by atoms with van der Waals surface area (Å²) in [6, 6.07) is 11.2. The summed E-state index contributed by atoms with van der Waals surface area (Å²) in [4.78, 5) is 25.3. The molecule has 3 rings (SSSR count). The van der Waals surface area contributed by atoms with Crippen LogP contribution >= 0.6 is 11.6 Å². The SMILES string of the molecule is C[C@H](OC(=O)c1ccc(Cl)c(S(=O)(=O)N2CCCC2)c1)C(=O)c1ccc(C(C)(C)C)cc1. The molecule has 1 aliphatic heterocycles. The van der Waals surface area contributed by atoms with Crippen LogP contribution in [0.1, 0.15) is 66.8 Å². The standard InChI is InChI=1S/C24H28ClNO5S/c1-16(22(27)17-7-10-19(11-8-17)24(2,3)4)31-23(28)18-9-12-20(25)21(15-18)32(29,30)26-13-5-6-14-26/h7-12,15-16H,5-6,13-14H2,1-4H3/t16-/m0/s1. The first kappa shape index (κ1) is 24.4. The maximum Gasteiger partial charge on any atom is 0.338 e. The lowest BCUT2D eigenvalue weighted by Gasteiger charge is -2.19. The molecule has 1 atom stereocenters. The van der Waals surface area contributed by atoms with Crippen molar-refractivity contribution in [3.63, 3.8) is 0 Å². The Balaban J connectivity index is 1.76. The fraction of sp³-hybridized carbons (Fsp3) is 0.417. The predicted octanol–water partition coefficient (Wildman–Crippen LogP) is 4.85. The number of nitrogens with zero attached hydrogens (tertiary/aromatic N) is 1. The zero-order valence-electron chi connectivity index (χ0n) is 18.7. The second-order valence-corrected chi connectivity index (χ2v) is 11.3. The van der Waals surface area contributed by atoms with E-state index >= 15 is 0 Å². The first-order chi connectivity index (χ1) is 14.9. The molecule has 8 heteroatoms. The summed E-state index contributed by atoms with van der Waals surface area (Å²) in [7, 11) is -3.80. The molecule has 0 spiro atoms. The lowest BCUT2D eigenvalue weighted by atomic mass is 9.86. The minimum absolute atomic E-state index is 0.0231. The van der Waals surface area contributed by atoms with Gasteiger partial charge in [0, 0.05) is 18.7 Å². The van der Waals surface area contributed by atoms with Gasteiger partial charge < -0.3 is 4.74 Å². The number of esters is 1. The van der Waals surface area contributed by atoms with Crippen molar-refractivity contribution >= 4 is 33.4 Å². The highest BCUT2D eigenvalue weighted by Gasteiger charge is 2.30. The maximum atomic E-state index is 12.9. The number of hydrogen-bond donors (Lipinski definition) is 0. The molecule has 6 nitrogen and oxygen atoms in total. The Morgan fingerprint density at radius 3 is 2.12 bits per heavy atom. The molecule has 2 aromatic carbocycles. The van der Waals surface area contributed by atoms with E-state index in [0.29, 0.717) is 18.7 Å². The number of benzene rings is 2. The van der Waals surface area contributed by atoms with Crippen LogP contribution in [0.3, 0.4) is 0 Å². The third-order valence-electron chi connectivity index (χ3n) is 5.54. The molecule has 1 fully saturated rings. The molecule has 0 amide bonds. The Labute approximate surface area is 194 Å². The van der Waals surface area contributed by atoms with Crippen LogP contribution in [0.15, 0.2) is 47.4 Å². The molecule has 2 aromatic rings. The summed E-state index contributed by atoms with van der Waals surface area (Å²) < 4.78 is 32.5. The van der Waals surface area contributed by atoms with E-state index in [-0.39, 0.29) is 26.7 Å². The van der Waals surface area contributed by atoms with Gasteiger partial charge in [-0.25, -0.2) is 13.2 Å². The van der Waals surface area contributed by atoms with Crippen LogP contribution in [0.4, 0.5) is 0 Å². The number of carbonyl (C=O) groups is 2. The highest BCUT2D eigenvalue weighted by atomic mass is 35.5. The van der Waals surface area contributed by atoms with Gasteiger partial charge in [-0.2, -0.15) is 4.31 Å². The van der Waals surface area contributed by atoms with Crippen molar-refractivity contribution in [3.05, 3.63) is 64.2 Å². The van der Waals surface area contributed by atoms with Gasteiger partial charge in [-0.1, -0.05) is 56.6 Å². The van der Waals surface area contributed by atoms with Gasteiger partial charge in [-0.15, -0.1) is 0 Å². The summed E-state index contributed by atoms with van der Waals surface area (Å²) in [6.07, 6.45) is 0.543. The summed E-state index contributed by atoms with van der Waals surface area (Å²) in [6.45, 7) is 8.59. The van der Waals surface area contributed by atoms with Gasteiger partial charge >= 0.3 is 5.97 Å². The molecule has 1 saturated heterocycles. The van der Waals surface area contributed by atoms with E-state index in [1.165, 1.54) is 29.4 Å². The molecule has 0 unspecified atom stereocenters. The number of sulfonamides is 1. The Morgan fingerprint density at radius 2 is 1.56 bits per heavy atom. The summed E-state index contributed by atoms with van der Waals surface area (Å²) in [5, 5.41) is 0.0384. The zero-order chi connectivity index (χ0) is 23.7. The Hall–Kier alpha value is -2.22. The summed E-state index contributed by atoms with van der Waals surface area (Å²) in [5.74, 6) is -1.12. The van der Waals surface area contributed by atoms with Gasteiger partial charge in [0.25, 0.3) is 0 Å². The van der Waals surface area contributed by atoms with Gasteiger partial charge in [-0.05, 0) is 48.9 Å². The van der Waals surface area contributed by atoms with E-state index < -0.39 is 22.1 Å². The average molecular weight is 478 g/mol.